The Hall–Kier alpha value is -3.22. The molecule has 1 unspecified atom stereocenters. The Morgan fingerprint density at radius 2 is 1.96 bits per heavy atom. The highest BCUT2D eigenvalue weighted by atomic mass is 19.1. The van der Waals surface area contributed by atoms with Crippen molar-refractivity contribution in [2.75, 3.05) is 0 Å². The molecule has 0 aliphatic heterocycles. The number of aromatic nitrogens is 2. The first kappa shape index (κ1) is 16.6. The minimum atomic E-state index is -0.895. The molecule has 0 radical (unpaired) electrons. The summed E-state index contributed by atoms with van der Waals surface area (Å²) in [5.41, 5.74) is 7.61. The van der Waals surface area contributed by atoms with E-state index in [1.165, 1.54) is 12.1 Å². The maximum Gasteiger partial charge on any atom is 0.405 e. The van der Waals surface area contributed by atoms with Crippen LogP contribution in [0.25, 0.3) is 11.1 Å². The molecule has 7 heteroatoms. The van der Waals surface area contributed by atoms with Crippen LogP contribution in [0.3, 0.4) is 0 Å². The molecule has 1 amide bonds. The minimum absolute atomic E-state index is 0.205. The Morgan fingerprint density at radius 3 is 2.60 bits per heavy atom. The summed E-state index contributed by atoms with van der Waals surface area (Å²) in [7, 11) is 0. The van der Waals surface area contributed by atoms with Crippen LogP contribution < -0.4 is 5.73 Å². The number of halogens is 1. The van der Waals surface area contributed by atoms with Gasteiger partial charge in [0.2, 0.25) is 11.8 Å². The quantitative estimate of drug-likeness (QED) is 0.766. The fourth-order valence-electron chi connectivity index (χ4n) is 2.51. The number of rotatable bonds is 5. The van der Waals surface area contributed by atoms with Crippen molar-refractivity contribution in [3.8, 4) is 11.1 Å². The van der Waals surface area contributed by atoms with Crippen molar-refractivity contribution >= 4 is 6.09 Å². The van der Waals surface area contributed by atoms with E-state index in [2.05, 4.69) is 10.2 Å². The van der Waals surface area contributed by atoms with Crippen molar-refractivity contribution < 1.29 is 18.3 Å². The van der Waals surface area contributed by atoms with Crippen LogP contribution in [0.15, 0.2) is 52.9 Å². The second kappa shape index (κ2) is 7.12. The molecule has 0 saturated heterocycles. The lowest BCUT2D eigenvalue weighted by atomic mass is 9.99. The van der Waals surface area contributed by atoms with E-state index in [1.807, 2.05) is 24.3 Å². The molecule has 3 rings (SSSR count). The van der Waals surface area contributed by atoms with Crippen LogP contribution in [-0.4, -0.2) is 16.3 Å². The molecule has 0 spiro atoms. The fraction of sp³-hybridized carbons (Fsp3) is 0.167. The number of primary amides is 1. The molecule has 128 valence electrons. The summed E-state index contributed by atoms with van der Waals surface area (Å²) in [6, 6.07) is 13.5. The van der Waals surface area contributed by atoms with E-state index in [-0.39, 0.29) is 12.2 Å². The van der Waals surface area contributed by atoms with Crippen molar-refractivity contribution in [3.05, 3.63) is 71.7 Å². The topological polar surface area (TPSA) is 91.2 Å². The highest BCUT2D eigenvalue weighted by Crippen LogP contribution is 2.27. The summed E-state index contributed by atoms with van der Waals surface area (Å²) in [4.78, 5) is 11.3. The van der Waals surface area contributed by atoms with E-state index in [4.69, 9.17) is 14.9 Å². The first-order chi connectivity index (χ1) is 12.0. The van der Waals surface area contributed by atoms with E-state index in [0.717, 1.165) is 16.7 Å². The third kappa shape index (κ3) is 4.20. The molecule has 1 atom stereocenters. The van der Waals surface area contributed by atoms with Crippen molar-refractivity contribution in [2.24, 2.45) is 5.73 Å². The molecular formula is C18H16FN3O3. The summed E-state index contributed by atoms with van der Waals surface area (Å²) < 4.78 is 23.7. The molecule has 3 aromatic rings. The average molecular weight is 341 g/mol. The number of aryl methyl sites for hydroxylation is 1. The first-order valence-electron chi connectivity index (χ1n) is 7.62. The van der Waals surface area contributed by atoms with Gasteiger partial charge in [-0.25, -0.2) is 9.18 Å². The molecule has 25 heavy (non-hydrogen) atoms. The van der Waals surface area contributed by atoms with Crippen LogP contribution in [0, 0.1) is 12.7 Å². The number of amides is 1. The Kier molecular flexibility index (Phi) is 4.74. The molecular weight excluding hydrogens is 325 g/mol. The van der Waals surface area contributed by atoms with Gasteiger partial charge >= 0.3 is 6.09 Å². The SMILES string of the molecule is Cc1nnc(CC(OC(N)=O)c2cccc(-c3ccc(F)cc3)c2)o1. The van der Waals surface area contributed by atoms with Gasteiger partial charge in [0.15, 0.2) is 0 Å². The van der Waals surface area contributed by atoms with Gasteiger partial charge in [0.1, 0.15) is 11.9 Å². The molecule has 1 heterocycles. The van der Waals surface area contributed by atoms with Gasteiger partial charge in [0.25, 0.3) is 0 Å². The number of ether oxygens (including phenoxy) is 1. The van der Waals surface area contributed by atoms with Gasteiger partial charge < -0.3 is 14.9 Å². The maximum atomic E-state index is 13.1. The molecule has 0 aliphatic rings. The Bertz CT molecular complexity index is 877. The van der Waals surface area contributed by atoms with E-state index >= 15 is 0 Å². The first-order valence-corrected chi connectivity index (χ1v) is 7.62. The lowest BCUT2D eigenvalue weighted by molar-refractivity contribution is 0.102. The van der Waals surface area contributed by atoms with Crippen LogP contribution in [0.5, 0.6) is 0 Å². The van der Waals surface area contributed by atoms with E-state index in [0.29, 0.717) is 11.8 Å². The minimum Gasteiger partial charge on any atom is -0.441 e. The number of carbonyl (C=O) groups is 1. The van der Waals surface area contributed by atoms with Gasteiger partial charge in [-0.05, 0) is 34.9 Å². The van der Waals surface area contributed by atoms with Crippen LogP contribution >= 0.6 is 0 Å². The fourth-order valence-corrected chi connectivity index (χ4v) is 2.51. The summed E-state index contributed by atoms with van der Waals surface area (Å²) in [6.07, 6.45) is -1.36. The lowest BCUT2D eigenvalue weighted by Crippen LogP contribution is -2.19. The molecule has 2 N–H and O–H groups in total. The zero-order valence-corrected chi connectivity index (χ0v) is 13.5. The zero-order valence-electron chi connectivity index (χ0n) is 13.5. The predicted octanol–water partition coefficient (Wildman–Crippen LogP) is 3.56. The standard InChI is InChI=1S/C18H16FN3O3/c1-11-21-22-17(24-11)10-16(25-18(20)23)14-4-2-3-13(9-14)12-5-7-15(19)8-6-12/h2-9,16H,10H2,1H3,(H2,20,23). The maximum absolute atomic E-state index is 13.1. The van der Waals surface area contributed by atoms with Crippen LogP contribution in [0.4, 0.5) is 9.18 Å². The van der Waals surface area contributed by atoms with Crippen molar-refractivity contribution in [1.29, 1.82) is 0 Å². The van der Waals surface area contributed by atoms with E-state index in [9.17, 15) is 9.18 Å². The predicted molar refractivity (Wildman–Crippen MR) is 88.0 cm³/mol. The van der Waals surface area contributed by atoms with Crippen LogP contribution in [0.1, 0.15) is 23.4 Å². The number of nitrogens with zero attached hydrogens (tertiary/aromatic N) is 2. The smallest absolute Gasteiger partial charge is 0.405 e. The van der Waals surface area contributed by atoms with Gasteiger partial charge in [-0.3, -0.25) is 0 Å². The summed E-state index contributed by atoms with van der Waals surface area (Å²) >= 11 is 0. The zero-order chi connectivity index (χ0) is 17.8. The highest BCUT2D eigenvalue weighted by molar-refractivity contribution is 5.66. The number of benzene rings is 2. The monoisotopic (exact) mass is 341 g/mol. The normalized spacial score (nSPS) is 11.9. The Balaban J connectivity index is 1.91. The molecule has 0 bridgehead atoms. The van der Waals surface area contributed by atoms with Crippen molar-refractivity contribution in [3.63, 3.8) is 0 Å². The van der Waals surface area contributed by atoms with Gasteiger partial charge in [0.05, 0.1) is 6.42 Å². The largest absolute Gasteiger partial charge is 0.441 e. The number of nitrogens with two attached hydrogens (primary N) is 1. The van der Waals surface area contributed by atoms with Crippen LogP contribution in [0.2, 0.25) is 0 Å². The highest BCUT2D eigenvalue weighted by Gasteiger charge is 2.20. The van der Waals surface area contributed by atoms with Gasteiger partial charge in [0, 0.05) is 6.92 Å². The molecule has 6 nitrogen and oxygen atoms in total. The number of hydrogen-bond acceptors (Lipinski definition) is 5. The van der Waals surface area contributed by atoms with Crippen molar-refractivity contribution in [1.82, 2.24) is 10.2 Å². The van der Waals surface area contributed by atoms with Gasteiger partial charge in [-0.15, -0.1) is 10.2 Å². The van der Waals surface area contributed by atoms with Gasteiger partial charge in [-0.2, -0.15) is 0 Å². The third-order valence-electron chi connectivity index (χ3n) is 3.62. The second-order valence-electron chi connectivity index (χ2n) is 5.48. The van der Waals surface area contributed by atoms with E-state index < -0.39 is 12.2 Å². The van der Waals surface area contributed by atoms with Crippen molar-refractivity contribution in [2.45, 2.75) is 19.4 Å². The average Bonchev–Trinajstić information content (AvgIpc) is 3.00. The summed E-state index contributed by atoms with van der Waals surface area (Å²) in [6.45, 7) is 1.68. The Labute approximate surface area is 143 Å². The number of carbonyl (C=O) groups excluding carboxylic acids is 1. The Morgan fingerprint density at radius 1 is 1.20 bits per heavy atom. The second-order valence-corrected chi connectivity index (χ2v) is 5.48. The molecule has 2 aromatic carbocycles. The molecule has 0 saturated carbocycles. The third-order valence-corrected chi connectivity index (χ3v) is 3.62. The van der Waals surface area contributed by atoms with E-state index in [1.54, 1.807) is 19.1 Å². The number of hydrogen-bond donors (Lipinski definition) is 1. The molecule has 0 aliphatic carbocycles. The lowest BCUT2D eigenvalue weighted by Gasteiger charge is -2.16. The molecule has 1 aromatic heterocycles. The molecule has 0 fully saturated rings. The van der Waals surface area contributed by atoms with Gasteiger partial charge in [-0.1, -0.05) is 30.3 Å². The summed E-state index contributed by atoms with van der Waals surface area (Å²) in [5, 5.41) is 7.68. The van der Waals surface area contributed by atoms with Crippen LogP contribution in [-0.2, 0) is 11.2 Å². The summed E-state index contributed by atoms with van der Waals surface area (Å²) in [5.74, 6) is 0.463.